The molecule has 3 radical (unpaired) electrons. The summed E-state index contributed by atoms with van der Waals surface area (Å²) in [5.41, 5.74) is 20.0. The number of para-hydroxylation sites is 1. The average Bonchev–Trinajstić information content (AvgIpc) is 1.62. The van der Waals surface area contributed by atoms with Gasteiger partial charge in [0.05, 0.1) is 5.58 Å². The molecule has 7 nitrogen and oxygen atoms in total. The Kier molecular flexibility index (Phi) is 25.4. The van der Waals surface area contributed by atoms with E-state index in [9.17, 15) is 0 Å². The minimum atomic E-state index is -2.12. The normalized spacial score (nSPS) is 11.2. The molecule has 487 valence electrons. The predicted octanol–water partition coefficient (Wildman–Crippen LogP) is 21.8. The first-order valence-corrected chi connectivity index (χ1v) is 30.7. The Labute approximate surface area is 624 Å². The fourth-order valence-corrected chi connectivity index (χ4v) is 9.81. The van der Waals surface area contributed by atoms with E-state index in [1.54, 1.807) is 36.5 Å². The Morgan fingerprint density at radius 2 is 0.765 bits per heavy atom. The largest absolute Gasteiger partial charge is 0.501 e. The molecule has 0 unspecified atom stereocenters. The molecule has 0 saturated carbocycles. The summed E-state index contributed by atoms with van der Waals surface area (Å²) in [6.45, 7) is -0.189. The number of aryl methyl sites for hydroxylation is 4. The molecule has 98 heavy (non-hydrogen) atoms. The number of benzene rings is 9. The second-order valence-electron chi connectivity index (χ2n) is 21.4. The number of pyridine rings is 6. The van der Waals surface area contributed by atoms with Gasteiger partial charge in [0, 0.05) is 111 Å². The van der Waals surface area contributed by atoms with E-state index in [2.05, 4.69) is 96.6 Å². The van der Waals surface area contributed by atoms with E-state index in [-0.39, 0.29) is 71.4 Å². The van der Waals surface area contributed by atoms with Gasteiger partial charge in [0.15, 0.2) is 0 Å². The Morgan fingerprint density at radius 1 is 0.306 bits per heavy atom. The number of furan rings is 1. The van der Waals surface area contributed by atoms with Gasteiger partial charge < -0.3 is 34.3 Å². The Balaban J connectivity index is 0.000000158. The van der Waals surface area contributed by atoms with Crippen molar-refractivity contribution in [2.45, 2.75) is 27.6 Å². The molecule has 0 amide bonds. The topological polar surface area (TPSA) is 90.5 Å². The number of aromatic nitrogens is 6. The van der Waals surface area contributed by atoms with Crippen LogP contribution in [0.15, 0.2) is 333 Å². The van der Waals surface area contributed by atoms with E-state index < -0.39 is 13.7 Å². The molecule has 0 aliphatic carbocycles. The van der Waals surface area contributed by atoms with Gasteiger partial charge in [-0.25, -0.2) is 0 Å². The van der Waals surface area contributed by atoms with Crippen LogP contribution >= 0.6 is 0 Å². The first-order valence-electron chi connectivity index (χ1n) is 33.7. The number of fused-ring (bicyclic) bond motifs is 3. The maximum atomic E-state index is 7.38. The van der Waals surface area contributed by atoms with Gasteiger partial charge >= 0.3 is 0 Å². The molecule has 7 aromatic heterocycles. The molecule has 0 atom stereocenters. The molecule has 9 aromatic carbocycles. The molecular weight excluding hydrogens is 1730 g/mol. The van der Waals surface area contributed by atoms with E-state index >= 15 is 0 Å². The summed E-state index contributed by atoms with van der Waals surface area (Å²) in [4.78, 5) is 26.0. The molecule has 0 spiro atoms. The van der Waals surface area contributed by atoms with E-state index in [0.717, 1.165) is 106 Å². The zero-order valence-electron chi connectivity index (χ0n) is 59.3. The SMILES string of the molecule is Cc1ccc(-c2[c-]cccc2)nc1.Cc1cccc(-c2[c-]cccc2)n1.[2H]C([2H])([2H])c1ccc(-c2[c-]ccc(-c3ccccc3)c2)nc1.[2H]C([2H])([2H])c1ccc(-c2[c-]cccc2)nc1.[Ir].[Ir].[Ir].[c-]1ccc2c(oc3ccccc32)c1-c1ccccn1.[c-]1ccccc1-c1ccc(-c2ccccc2)cn1. The summed E-state index contributed by atoms with van der Waals surface area (Å²) in [6, 6.07) is 115. The van der Waals surface area contributed by atoms with E-state index in [4.69, 9.17) is 12.6 Å². The zero-order valence-corrected chi connectivity index (χ0v) is 60.5. The summed E-state index contributed by atoms with van der Waals surface area (Å²) in [5, 5.41) is 2.23. The van der Waals surface area contributed by atoms with Crippen LogP contribution in [0, 0.1) is 63.9 Å². The van der Waals surface area contributed by atoms with Gasteiger partial charge in [-0.2, -0.15) is 0 Å². The third kappa shape index (κ3) is 21.1. The number of hydrogen-bond donors (Lipinski definition) is 0. The average molecular weight is 1810 g/mol. The maximum absolute atomic E-state index is 7.38. The Hall–Kier alpha value is -10.4. The Bertz CT molecular complexity index is 5110. The van der Waals surface area contributed by atoms with Crippen LogP contribution in [0.5, 0.6) is 0 Å². The van der Waals surface area contributed by atoms with Crippen molar-refractivity contribution >= 4 is 21.9 Å². The van der Waals surface area contributed by atoms with Crippen molar-refractivity contribution in [2.75, 3.05) is 0 Å². The fourth-order valence-electron chi connectivity index (χ4n) is 9.81. The van der Waals surface area contributed by atoms with Crippen molar-refractivity contribution < 1.29 is 73.0 Å². The first-order chi connectivity index (χ1) is 49.2. The van der Waals surface area contributed by atoms with Crippen molar-refractivity contribution in [2.24, 2.45) is 0 Å². The van der Waals surface area contributed by atoms with Crippen LogP contribution < -0.4 is 0 Å². The van der Waals surface area contributed by atoms with Crippen LogP contribution in [0.4, 0.5) is 0 Å². The van der Waals surface area contributed by atoms with Crippen molar-refractivity contribution in [3.8, 4) is 89.8 Å². The maximum Gasteiger partial charge on any atom is 0.120 e. The molecule has 16 aromatic rings. The number of nitrogens with zero attached hydrogens (tertiary/aromatic N) is 6. The third-order valence-corrected chi connectivity index (χ3v) is 14.6. The second kappa shape index (κ2) is 38.4. The smallest absolute Gasteiger partial charge is 0.120 e. The molecule has 0 N–H and O–H groups in total. The molecular formula is C88H66Ir3N6O-6. The van der Waals surface area contributed by atoms with Gasteiger partial charge in [0.25, 0.3) is 0 Å². The monoisotopic (exact) mass is 1810 g/mol. The summed E-state index contributed by atoms with van der Waals surface area (Å²) < 4.78 is 49.8. The third-order valence-electron chi connectivity index (χ3n) is 14.6. The van der Waals surface area contributed by atoms with Gasteiger partial charge in [-0.1, -0.05) is 163 Å². The summed E-state index contributed by atoms with van der Waals surface area (Å²) in [7, 11) is 0. The second-order valence-corrected chi connectivity index (χ2v) is 21.4. The summed E-state index contributed by atoms with van der Waals surface area (Å²) >= 11 is 0. The van der Waals surface area contributed by atoms with Gasteiger partial charge in [0.2, 0.25) is 0 Å². The molecule has 0 saturated heterocycles. The zero-order chi connectivity index (χ0) is 70.2. The van der Waals surface area contributed by atoms with Gasteiger partial charge in [0.1, 0.15) is 5.58 Å². The van der Waals surface area contributed by atoms with Crippen molar-refractivity contribution in [1.29, 1.82) is 0 Å². The van der Waals surface area contributed by atoms with Gasteiger partial charge in [-0.3, -0.25) is 0 Å². The van der Waals surface area contributed by atoms with Crippen molar-refractivity contribution in [3.63, 3.8) is 0 Å². The van der Waals surface area contributed by atoms with Crippen LogP contribution in [0.2, 0.25) is 0 Å². The minimum absolute atomic E-state index is 0. The van der Waals surface area contributed by atoms with Gasteiger partial charge in [-0.05, 0) is 113 Å². The van der Waals surface area contributed by atoms with Crippen LogP contribution in [-0.2, 0) is 60.3 Å². The van der Waals surface area contributed by atoms with E-state index in [1.165, 1.54) is 23.5 Å². The van der Waals surface area contributed by atoms with Crippen molar-refractivity contribution in [3.05, 3.63) is 387 Å². The van der Waals surface area contributed by atoms with E-state index in [1.807, 2.05) is 263 Å². The molecule has 0 aliphatic heterocycles. The van der Waals surface area contributed by atoms with Crippen LogP contribution in [-0.4, -0.2) is 29.9 Å². The molecule has 0 bridgehead atoms. The predicted molar refractivity (Wildman–Crippen MR) is 388 cm³/mol. The number of rotatable bonds is 8. The Morgan fingerprint density at radius 3 is 1.26 bits per heavy atom. The van der Waals surface area contributed by atoms with Crippen LogP contribution in [0.3, 0.4) is 0 Å². The minimum Gasteiger partial charge on any atom is -0.501 e. The fraction of sp³-hybridized carbons (Fsp3) is 0.0455. The van der Waals surface area contributed by atoms with Crippen molar-refractivity contribution in [1.82, 2.24) is 29.9 Å². The first kappa shape index (κ1) is 64.9. The number of hydrogen-bond acceptors (Lipinski definition) is 7. The summed E-state index contributed by atoms with van der Waals surface area (Å²) in [6.07, 6.45) is 8.36. The molecule has 7 heterocycles. The summed E-state index contributed by atoms with van der Waals surface area (Å²) in [5.74, 6) is 0. The van der Waals surface area contributed by atoms with Crippen LogP contribution in [0.1, 0.15) is 30.6 Å². The molecule has 0 aliphatic rings. The van der Waals surface area contributed by atoms with Gasteiger partial charge in [-0.15, -0.1) is 197 Å². The molecule has 16 rings (SSSR count). The molecule has 0 fully saturated rings. The van der Waals surface area contributed by atoms with E-state index in [0.29, 0.717) is 5.69 Å². The quantitative estimate of drug-likeness (QED) is 0.140. The standard InChI is InChI=1S/C18H14N.C17H10NO.C17H12N.3C12H10N.3Ir/c1-14-10-11-18(19-13-14)17-9-5-8-16(12-17)15-6-3-2-4-7-15;1-2-10-16-12(6-1)13-7-5-8-14(17(13)19-16)15-9-3-4-11-18-15;1-3-7-14(8-4-1)16-11-12-17(18-13-16)15-9-5-2-6-10-15;1-10-6-5-9-12(13-10)11-7-3-2-4-8-11;2*1-10-7-8-12(13-9-10)11-5-3-2-4-6-11;;;/h2-8,10-13H,1H3;1-7,9-11H;1-9,11-13H;2-7,9H,1H3;2*2-5,7-9H,1H3;;;/q6*-1;;;/i1D3;;;;1D3;;;;. The van der Waals surface area contributed by atoms with Crippen LogP contribution in [0.25, 0.3) is 112 Å². The molecule has 10 heteroatoms.